The van der Waals surface area contributed by atoms with Crippen LogP contribution in [0, 0.1) is 6.92 Å². The summed E-state index contributed by atoms with van der Waals surface area (Å²) in [7, 11) is 0. The summed E-state index contributed by atoms with van der Waals surface area (Å²) in [6.07, 6.45) is 0. The number of aryl methyl sites for hydroxylation is 1. The third kappa shape index (κ3) is 1.95. The van der Waals surface area contributed by atoms with E-state index in [9.17, 15) is 0 Å². The fourth-order valence-corrected chi connectivity index (χ4v) is 1.69. The van der Waals surface area contributed by atoms with Crippen LogP contribution in [-0.4, -0.2) is 4.98 Å². The lowest BCUT2D eigenvalue weighted by Gasteiger charge is -2.07. The third-order valence-corrected chi connectivity index (χ3v) is 2.57. The highest BCUT2D eigenvalue weighted by atomic mass is 35.5. The molecule has 0 bridgehead atoms. The van der Waals surface area contributed by atoms with Gasteiger partial charge in [0.25, 0.3) is 0 Å². The van der Waals surface area contributed by atoms with Gasteiger partial charge >= 0.3 is 0 Å². The van der Waals surface area contributed by atoms with Gasteiger partial charge in [0.1, 0.15) is 5.82 Å². The van der Waals surface area contributed by atoms with Crippen molar-refractivity contribution in [1.29, 1.82) is 0 Å². The maximum Gasteiger partial charge on any atom is 0.124 e. The van der Waals surface area contributed by atoms with E-state index < -0.39 is 0 Å². The molecule has 0 fully saturated rings. The zero-order valence-electron chi connectivity index (χ0n) is 8.37. The van der Waals surface area contributed by atoms with Crippen LogP contribution in [0.5, 0.6) is 0 Å². The summed E-state index contributed by atoms with van der Waals surface area (Å²) in [4.78, 5) is 4.25. The topological polar surface area (TPSA) is 38.9 Å². The molecule has 2 N–H and O–H groups in total. The maximum atomic E-state index is 6.08. The smallest absolute Gasteiger partial charge is 0.124 e. The molecule has 2 nitrogen and oxygen atoms in total. The molecule has 0 spiro atoms. The molecule has 1 aromatic carbocycles. The van der Waals surface area contributed by atoms with E-state index in [1.54, 1.807) is 12.1 Å². The second kappa shape index (κ2) is 3.91. The van der Waals surface area contributed by atoms with Gasteiger partial charge < -0.3 is 5.73 Å². The molecule has 0 amide bonds. The minimum atomic E-state index is 0.484. The molecule has 0 aliphatic carbocycles. The summed E-state index contributed by atoms with van der Waals surface area (Å²) in [6.45, 7) is 2.02. The molecule has 2 rings (SSSR count). The van der Waals surface area contributed by atoms with Gasteiger partial charge in [-0.2, -0.15) is 0 Å². The number of nitrogens with two attached hydrogens (primary N) is 1. The van der Waals surface area contributed by atoms with Crippen LogP contribution >= 0.6 is 11.6 Å². The number of hydrogen-bond donors (Lipinski definition) is 1. The van der Waals surface area contributed by atoms with Crippen LogP contribution in [-0.2, 0) is 0 Å². The van der Waals surface area contributed by atoms with Gasteiger partial charge in [0, 0.05) is 5.56 Å². The Hall–Kier alpha value is -1.54. The molecule has 15 heavy (non-hydrogen) atoms. The molecule has 0 aliphatic heterocycles. The van der Waals surface area contributed by atoms with Gasteiger partial charge in [-0.3, -0.25) is 0 Å². The second-order valence-corrected chi connectivity index (χ2v) is 3.79. The zero-order valence-corrected chi connectivity index (χ0v) is 9.12. The molecular weight excluding hydrogens is 208 g/mol. The van der Waals surface area contributed by atoms with Gasteiger partial charge in [0.2, 0.25) is 0 Å². The van der Waals surface area contributed by atoms with Crippen molar-refractivity contribution in [3.05, 3.63) is 47.0 Å². The Balaban J connectivity index is 2.64. The summed E-state index contributed by atoms with van der Waals surface area (Å²) in [6, 6.07) is 11.4. The first-order chi connectivity index (χ1) is 7.18. The number of benzene rings is 1. The molecule has 0 unspecified atom stereocenters. The van der Waals surface area contributed by atoms with Crippen LogP contribution in [0.15, 0.2) is 36.4 Å². The molecule has 0 saturated heterocycles. The Bertz CT molecular complexity index is 495. The first-order valence-electron chi connectivity index (χ1n) is 4.66. The van der Waals surface area contributed by atoms with Crippen LogP contribution < -0.4 is 5.73 Å². The van der Waals surface area contributed by atoms with Crippen LogP contribution in [0.3, 0.4) is 0 Å². The lowest BCUT2D eigenvalue weighted by atomic mass is 10.1. The van der Waals surface area contributed by atoms with Crippen molar-refractivity contribution in [1.82, 2.24) is 4.98 Å². The first-order valence-corrected chi connectivity index (χ1v) is 5.04. The van der Waals surface area contributed by atoms with Gasteiger partial charge in [0.05, 0.1) is 10.7 Å². The summed E-state index contributed by atoms with van der Waals surface area (Å²) in [5.74, 6) is 0.484. The predicted molar refractivity (Wildman–Crippen MR) is 63.8 cm³/mol. The molecule has 0 atom stereocenters. The number of halogens is 1. The van der Waals surface area contributed by atoms with E-state index in [2.05, 4.69) is 4.98 Å². The Morgan fingerprint density at radius 1 is 1.13 bits per heavy atom. The van der Waals surface area contributed by atoms with Crippen molar-refractivity contribution >= 4 is 17.4 Å². The van der Waals surface area contributed by atoms with Crippen molar-refractivity contribution in [2.45, 2.75) is 6.92 Å². The number of hydrogen-bond acceptors (Lipinski definition) is 2. The summed E-state index contributed by atoms with van der Waals surface area (Å²) < 4.78 is 0. The van der Waals surface area contributed by atoms with Gasteiger partial charge in [-0.05, 0) is 24.6 Å². The predicted octanol–water partition coefficient (Wildman–Crippen LogP) is 3.29. The number of aromatic nitrogens is 1. The maximum absolute atomic E-state index is 6.08. The fourth-order valence-electron chi connectivity index (χ4n) is 1.48. The number of pyridine rings is 1. The standard InChI is InChI=1S/C12H11ClN2/c1-8-4-2-3-5-9(8)12-10(13)6-7-11(14)15-12/h2-7H,1H3,(H2,14,15). The second-order valence-electron chi connectivity index (χ2n) is 3.38. The average Bonchev–Trinajstić information content (AvgIpc) is 2.23. The van der Waals surface area contributed by atoms with Gasteiger partial charge in [-0.15, -0.1) is 0 Å². The highest BCUT2D eigenvalue weighted by Gasteiger charge is 2.07. The normalized spacial score (nSPS) is 10.3. The molecule has 0 radical (unpaired) electrons. The van der Waals surface area contributed by atoms with E-state index in [4.69, 9.17) is 17.3 Å². The minimum Gasteiger partial charge on any atom is -0.384 e. The zero-order chi connectivity index (χ0) is 10.8. The monoisotopic (exact) mass is 218 g/mol. The molecule has 3 heteroatoms. The molecule has 1 heterocycles. The van der Waals surface area contributed by atoms with Crippen molar-refractivity contribution in [2.75, 3.05) is 5.73 Å². The van der Waals surface area contributed by atoms with E-state index in [1.165, 1.54) is 0 Å². The van der Waals surface area contributed by atoms with Crippen LogP contribution in [0.25, 0.3) is 11.3 Å². The number of rotatable bonds is 1. The van der Waals surface area contributed by atoms with Gasteiger partial charge in [-0.1, -0.05) is 35.9 Å². The SMILES string of the molecule is Cc1ccccc1-c1nc(N)ccc1Cl. The van der Waals surface area contributed by atoms with Crippen LogP contribution in [0.2, 0.25) is 5.02 Å². The van der Waals surface area contributed by atoms with Crippen molar-refractivity contribution in [3.8, 4) is 11.3 Å². The summed E-state index contributed by atoms with van der Waals surface area (Å²) in [5, 5.41) is 0.624. The summed E-state index contributed by atoms with van der Waals surface area (Å²) >= 11 is 6.08. The molecular formula is C12H11ClN2. The highest BCUT2D eigenvalue weighted by molar-refractivity contribution is 6.33. The Morgan fingerprint density at radius 3 is 2.60 bits per heavy atom. The number of nitrogen functional groups attached to an aromatic ring is 1. The van der Waals surface area contributed by atoms with E-state index in [-0.39, 0.29) is 0 Å². The lowest BCUT2D eigenvalue weighted by Crippen LogP contribution is -1.94. The highest BCUT2D eigenvalue weighted by Crippen LogP contribution is 2.28. The quantitative estimate of drug-likeness (QED) is 0.798. The summed E-state index contributed by atoms with van der Waals surface area (Å²) in [5.41, 5.74) is 8.55. The van der Waals surface area contributed by atoms with Crippen LogP contribution in [0.4, 0.5) is 5.82 Å². The molecule has 0 saturated carbocycles. The van der Waals surface area contributed by atoms with E-state index in [0.29, 0.717) is 10.8 Å². The van der Waals surface area contributed by atoms with E-state index in [0.717, 1.165) is 16.8 Å². The lowest BCUT2D eigenvalue weighted by molar-refractivity contribution is 1.31. The van der Waals surface area contributed by atoms with E-state index in [1.807, 2.05) is 31.2 Å². The van der Waals surface area contributed by atoms with Gasteiger partial charge in [0.15, 0.2) is 0 Å². The Labute approximate surface area is 93.7 Å². The van der Waals surface area contributed by atoms with Crippen LogP contribution in [0.1, 0.15) is 5.56 Å². The van der Waals surface area contributed by atoms with Crippen molar-refractivity contribution in [3.63, 3.8) is 0 Å². The molecule has 2 aromatic rings. The van der Waals surface area contributed by atoms with E-state index >= 15 is 0 Å². The Morgan fingerprint density at radius 2 is 1.87 bits per heavy atom. The Kier molecular flexibility index (Phi) is 2.60. The van der Waals surface area contributed by atoms with Gasteiger partial charge in [-0.25, -0.2) is 4.98 Å². The largest absolute Gasteiger partial charge is 0.384 e. The average molecular weight is 219 g/mol. The van der Waals surface area contributed by atoms with Crippen molar-refractivity contribution in [2.24, 2.45) is 0 Å². The van der Waals surface area contributed by atoms with Crippen molar-refractivity contribution < 1.29 is 0 Å². The minimum absolute atomic E-state index is 0.484. The molecule has 1 aromatic heterocycles. The molecule has 76 valence electrons. The molecule has 0 aliphatic rings. The third-order valence-electron chi connectivity index (χ3n) is 2.27. The first kappa shape index (κ1) is 9.99. The fraction of sp³-hybridized carbons (Fsp3) is 0.0833. The number of nitrogens with zero attached hydrogens (tertiary/aromatic N) is 1. The number of anilines is 1.